The number of nitrogens with zero attached hydrogens (tertiary/aromatic N) is 1. The van der Waals surface area contributed by atoms with Gasteiger partial charge in [0, 0.05) is 19.2 Å². The van der Waals surface area contributed by atoms with Crippen molar-refractivity contribution in [2.45, 2.75) is 53.1 Å². The molecule has 1 N–H and O–H groups in total. The van der Waals surface area contributed by atoms with Crippen molar-refractivity contribution in [3.05, 3.63) is 23.3 Å². The molecule has 0 fully saturated rings. The molecule has 0 aliphatic carbocycles. The van der Waals surface area contributed by atoms with Crippen LogP contribution < -0.4 is 10.2 Å². The number of rotatable bonds is 5. The number of carbonyl (C=O) groups is 2. The summed E-state index contributed by atoms with van der Waals surface area (Å²) in [6, 6.07) is 3.87. The molecule has 1 heterocycles. The van der Waals surface area contributed by atoms with Gasteiger partial charge in [0.15, 0.2) is 0 Å². The van der Waals surface area contributed by atoms with Crippen molar-refractivity contribution in [2.75, 3.05) is 23.4 Å². The number of anilines is 2. The van der Waals surface area contributed by atoms with Crippen molar-refractivity contribution in [2.24, 2.45) is 0 Å². The molecule has 0 saturated carbocycles. The number of ether oxygens (including phenoxy) is 1. The Hall–Kier alpha value is -1.88. The van der Waals surface area contributed by atoms with Gasteiger partial charge in [0.25, 0.3) is 5.91 Å². The van der Waals surface area contributed by atoms with Gasteiger partial charge in [-0.25, -0.2) is 0 Å². The smallest absolute Gasteiger partial charge is 0.253 e. The van der Waals surface area contributed by atoms with Gasteiger partial charge in [-0.1, -0.05) is 13.0 Å². The summed E-state index contributed by atoms with van der Waals surface area (Å²) in [6.07, 6.45) is 2.71. The maximum absolute atomic E-state index is 12.6. The van der Waals surface area contributed by atoms with Gasteiger partial charge >= 0.3 is 0 Å². The van der Waals surface area contributed by atoms with Gasteiger partial charge in [-0.05, 0) is 50.3 Å². The number of amides is 2. The monoisotopic (exact) mass is 318 g/mol. The zero-order valence-corrected chi connectivity index (χ0v) is 14.4. The van der Waals surface area contributed by atoms with Crippen LogP contribution in [0.5, 0.6) is 0 Å². The predicted octanol–water partition coefficient (Wildman–Crippen LogP) is 3.05. The highest BCUT2D eigenvalue weighted by atomic mass is 16.5. The van der Waals surface area contributed by atoms with E-state index in [-0.39, 0.29) is 24.5 Å². The maximum Gasteiger partial charge on any atom is 0.253 e. The zero-order chi connectivity index (χ0) is 17.0. The third-order valence-electron chi connectivity index (χ3n) is 4.24. The first-order chi connectivity index (χ1) is 10.9. The van der Waals surface area contributed by atoms with Crippen LogP contribution in [-0.2, 0) is 20.7 Å². The Morgan fingerprint density at radius 3 is 2.78 bits per heavy atom. The van der Waals surface area contributed by atoms with E-state index in [1.54, 1.807) is 0 Å². The molecule has 0 aromatic heterocycles. The van der Waals surface area contributed by atoms with Gasteiger partial charge in [-0.3, -0.25) is 9.59 Å². The van der Waals surface area contributed by atoms with Crippen molar-refractivity contribution in [1.29, 1.82) is 0 Å². The van der Waals surface area contributed by atoms with Crippen LogP contribution in [-0.4, -0.2) is 31.1 Å². The molecule has 126 valence electrons. The fourth-order valence-electron chi connectivity index (χ4n) is 2.87. The Bertz CT molecular complexity index is 598. The van der Waals surface area contributed by atoms with Gasteiger partial charge in [-0.2, -0.15) is 0 Å². The quantitative estimate of drug-likeness (QED) is 0.908. The number of hydrogen-bond acceptors (Lipinski definition) is 3. The lowest BCUT2D eigenvalue weighted by atomic mass is 9.96. The molecule has 5 heteroatoms. The molecule has 0 radical (unpaired) electrons. The summed E-state index contributed by atoms with van der Waals surface area (Å²) in [5.74, 6) is -0.117. The van der Waals surface area contributed by atoms with Crippen molar-refractivity contribution in [3.8, 4) is 0 Å². The number of nitrogens with one attached hydrogen (secondary N) is 1. The van der Waals surface area contributed by atoms with E-state index in [1.165, 1.54) is 6.92 Å². The topological polar surface area (TPSA) is 58.6 Å². The first kappa shape index (κ1) is 17.5. The molecule has 0 bridgehead atoms. The molecular formula is C18H26N2O3. The van der Waals surface area contributed by atoms with Crippen LogP contribution in [0.2, 0.25) is 0 Å². The lowest BCUT2D eigenvalue weighted by Gasteiger charge is -2.32. The van der Waals surface area contributed by atoms with E-state index in [2.05, 4.69) is 5.32 Å². The minimum atomic E-state index is -0.0976. The second-order valence-electron chi connectivity index (χ2n) is 6.12. The van der Waals surface area contributed by atoms with Gasteiger partial charge in [0.1, 0.15) is 6.61 Å². The van der Waals surface area contributed by atoms with E-state index >= 15 is 0 Å². The fourth-order valence-corrected chi connectivity index (χ4v) is 2.87. The summed E-state index contributed by atoms with van der Waals surface area (Å²) < 4.78 is 5.59. The van der Waals surface area contributed by atoms with Crippen LogP contribution in [0.1, 0.15) is 44.7 Å². The number of aryl methyl sites for hydroxylation is 1. The highest BCUT2D eigenvalue weighted by Gasteiger charge is 2.26. The number of fused-ring (bicyclic) bond motifs is 1. The summed E-state index contributed by atoms with van der Waals surface area (Å²) >= 11 is 0. The summed E-state index contributed by atoms with van der Waals surface area (Å²) in [4.78, 5) is 25.8. The van der Waals surface area contributed by atoms with E-state index in [4.69, 9.17) is 4.74 Å². The molecule has 0 unspecified atom stereocenters. The molecule has 1 aliphatic rings. The van der Waals surface area contributed by atoms with Crippen LogP contribution in [0, 0.1) is 6.92 Å². The van der Waals surface area contributed by atoms with Gasteiger partial charge in [0.2, 0.25) is 5.91 Å². The molecule has 2 amide bonds. The normalized spacial score (nSPS) is 15.0. The number of hydrogen-bond donors (Lipinski definition) is 1. The Balaban J connectivity index is 2.27. The third kappa shape index (κ3) is 4.10. The summed E-state index contributed by atoms with van der Waals surface area (Å²) in [7, 11) is 0. The Morgan fingerprint density at radius 1 is 1.39 bits per heavy atom. The van der Waals surface area contributed by atoms with Crippen LogP contribution in [0.3, 0.4) is 0 Å². The molecule has 23 heavy (non-hydrogen) atoms. The molecular weight excluding hydrogens is 292 g/mol. The first-order valence-electron chi connectivity index (χ1n) is 8.26. The highest BCUT2D eigenvalue weighted by Crippen LogP contribution is 2.36. The minimum absolute atomic E-state index is 0.0191. The van der Waals surface area contributed by atoms with Crippen molar-refractivity contribution in [3.63, 3.8) is 0 Å². The van der Waals surface area contributed by atoms with Crippen LogP contribution in [0.4, 0.5) is 11.4 Å². The number of benzene rings is 1. The number of carbonyl (C=O) groups excluding carboxylic acids is 2. The molecule has 0 saturated heterocycles. The lowest BCUT2D eigenvalue weighted by Crippen LogP contribution is -2.39. The van der Waals surface area contributed by atoms with Gasteiger partial charge in [0.05, 0.1) is 11.8 Å². The molecule has 1 aromatic carbocycles. The predicted molar refractivity (Wildman–Crippen MR) is 91.9 cm³/mol. The summed E-state index contributed by atoms with van der Waals surface area (Å²) in [6.45, 7) is 8.29. The van der Waals surface area contributed by atoms with E-state index in [0.717, 1.165) is 41.8 Å². The lowest BCUT2D eigenvalue weighted by molar-refractivity contribution is -0.125. The Labute approximate surface area is 138 Å². The first-order valence-corrected chi connectivity index (χ1v) is 8.26. The molecule has 1 aliphatic heterocycles. The van der Waals surface area contributed by atoms with Crippen LogP contribution in [0.25, 0.3) is 0 Å². The van der Waals surface area contributed by atoms with E-state index < -0.39 is 0 Å². The third-order valence-corrected chi connectivity index (χ3v) is 4.24. The van der Waals surface area contributed by atoms with E-state index in [9.17, 15) is 9.59 Å². The summed E-state index contributed by atoms with van der Waals surface area (Å²) in [5, 5.41) is 2.87. The molecule has 5 nitrogen and oxygen atoms in total. The second-order valence-corrected chi connectivity index (χ2v) is 6.12. The average molecular weight is 318 g/mol. The van der Waals surface area contributed by atoms with Crippen LogP contribution >= 0.6 is 0 Å². The van der Waals surface area contributed by atoms with Crippen molar-refractivity contribution < 1.29 is 14.3 Å². The van der Waals surface area contributed by atoms with E-state index in [0.29, 0.717) is 6.54 Å². The minimum Gasteiger partial charge on any atom is -0.369 e. The molecule has 1 aromatic rings. The Kier molecular flexibility index (Phi) is 5.77. The summed E-state index contributed by atoms with van der Waals surface area (Å²) in [5.41, 5.74) is 3.83. The fraction of sp³-hybridized carbons (Fsp3) is 0.556. The molecule has 0 spiro atoms. The highest BCUT2D eigenvalue weighted by molar-refractivity contribution is 5.99. The second kappa shape index (κ2) is 7.59. The maximum atomic E-state index is 12.6. The van der Waals surface area contributed by atoms with Gasteiger partial charge < -0.3 is 15.0 Å². The molecule has 1 atom stereocenters. The van der Waals surface area contributed by atoms with Gasteiger partial charge in [-0.15, -0.1) is 0 Å². The van der Waals surface area contributed by atoms with Crippen LogP contribution in [0.15, 0.2) is 12.1 Å². The van der Waals surface area contributed by atoms with Crippen molar-refractivity contribution >= 4 is 23.2 Å². The molecule has 2 rings (SSSR count). The Morgan fingerprint density at radius 2 is 2.13 bits per heavy atom. The zero-order valence-electron chi connectivity index (χ0n) is 14.4. The standard InChI is InChI=1S/C18H26N2O3/c1-5-13(3)23-11-17(22)20-10-6-7-15-16(19-14(4)21)9-8-12(2)18(15)20/h8-9,13H,5-7,10-11H2,1-4H3,(H,19,21)/t13-/m0/s1. The largest absolute Gasteiger partial charge is 0.369 e. The average Bonchev–Trinajstić information content (AvgIpc) is 2.54. The SMILES string of the molecule is CC[C@H](C)OCC(=O)N1CCCc2c(NC(C)=O)ccc(C)c21. The van der Waals surface area contributed by atoms with E-state index in [1.807, 2.05) is 37.8 Å². The van der Waals surface area contributed by atoms with Crippen molar-refractivity contribution in [1.82, 2.24) is 0 Å².